The SMILES string of the molecule is CN=C(NCc1ccc(-n2nc(C)cc2C)nc1)N1CCN(c2ccc(OC)cc2)CC1.I. The van der Waals surface area contributed by atoms with Crippen LogP contribution in [0.2, 0.25) is 0 Å². The van der Waals surface area contributed by atoms with Gasteiger partial charge in [-0.15, -0.1) is 24.0 Å². The number of benzene rings is 1. The molecule has 8 nitrogen and oxygen atoms in total. The Morgan fingerprint density at radius 1 is 1.06 bits per heavy atom. The summed E-state index contributed by atoms with van der Waals surface area (Å²) >= 11 is 0. The number of anilines is 1. The summed E-state index contributed by atoms with van der Waals surface area (Å²) in [5.74, 6) is 2.63. The van der Waals surface area contributed by atoms with Crippen LogP contribution in [0.5, 0.6) is 5.75 Å². The number of aliphatic imine (C=N–C) groups is 1. The summed E-state index contributed by atoms with van der Waals surface area (Å²) in [5, 5.41) is 7.98. The maximum Gasteiger partial charge on any atom is 0.194 e. The van der Waals surface area contributed by atoms with Crippen molar-refractivity contribution in [3.63, 3.8) is 0 Å². The first-order valence-electron chi connectivity index (χ1n) is 10.9. The molecule has 3 heterocycles. The monoisotopic (exact) mass is 561 g/mol. The van der Waals surface area contributed by atoms with E-state index in [0.29, 0.717) is 6.54 Å². The molecule has 1 aromatic carbocycles. The molecule has 2 aromatic heterocycles. The van der Waals surface area contributed by atoms with E-state index in [0.717, 1.165) is 60.7 Å². The van der Waals surface area contributed by atoms with Crippen LogP contribution >= 0.6 is 24.0 Å². The van der Waals surface area contributed by atoms with Crippen molar-refractivity contribution in [1.82, 2.24) is 25.0 Å². The Bertz CT molecular complexity index is 1060. The molecule has 0 spiro atoms. The Morgan fingerprint density at radius 2 is 1.79 bits per heavy atom. The van der Waals surface area contributed by atoms with Crippen molar-refractivity contribution in [1.29, 1.82) is 0 Å². The molecule has 1 N–H and O–H groups in total. The Kier molecular flexibility index (Phi) is 8.54. The van der Waals surface area contributed by atoms with E-state index in [1.54, 1.807) is 7.11 Å². The fourth-order valence-corrected chi connectivity index (χ4v) is 3.99. The Balaban J connectivity index is 0.00000306. The van der Waals surface area contributed by atoms with Crippen LogP contribution in [0.25, 0.3) is 5.82 Å². The number of pyridine rings is 1. The van der Waals surface area contributed by atoms with Gasteiger partial charge in [-0.3, -0.25) is 4.99 Å². The minimum Gasteiger partial charge on any atom is -0.497 e. The number of halogens is 1. The van der Waals surface area contributed by atoms with Gasteiger partial charge in [-0.1, -0.05) is 6.07 Å². The maximum absolute atomic E-state index is 5.26. The first kappa shape index (κ1) is 24.8. The molecule has 176 valence electrons. The highest BCUT2D eigenvalue weighted by molar-refractivity contribution is 14.0. The zero-order chi connectivity index (χ0) is 22.5. The minimum absolute atomic E-state index is 0. The van der Waals surface area contributed by atoms with E-state index in [1.165, 1.54) is 5.69 Å². The maximum atomic E-state index is 5.26. The molecule has 0 unspecified atom stereocenters. The number of nitrogens with zero attached hydrogens (tertiary/aromatic N) is 6. The smallest absolute Gasteiger partial charge is 0.194 e. The van der Waals surface area contributed by atoms with Gasteiger partial charge in [0, 0.05) is 57.3 Å². The van der Waals surface area contributed by atoms with Gasteiger partial charge in [0.15, 0.2) is 11.8 Å². The number of piperazine rings is 1. The van der Waals surface area contributed by atoms with E-state index >= 15 is 0 Å². The summed E-state index contributed by atoms with van der Waals surface area (Å²) in [6.45, 7) is 8.44. The number of hydrogen-bond donors (Lipinski definition) is 1. The fraction of sp³-hybridized carbons (Fsp3) is 0.375. The Labute approximate surface area is 212 Å². The minimum atomic E-state index is 0. The van der Waals surface area contributed by atoms with Crippen molar-refractivity contribution in [2.45, 2.75) is 20.4 Å². The molecule has 0 radical (unpaired) electrons. The van der Waals surface area contributed by atoms with E-state index in [2.05, 4.69) is 54.5 Å². The predicted octanol–water partition coefficient (Wildman–Crippen LogP) is 3.41. The van der Waals surface area contributed by atoms with Crippen molar-refractivity contribution in [3.05, 3.63) is 65.6 Å². The molecule has 0 aliphatic carbocycles. The molecule has 1 fully saturated rings. The summed E-state index contributed by atoms with van der Waals surface area (Å²) in [7, 11) is 3.53. The van der Waals surface area contributed by atoms with Crippen molar-refractivity contribution < 1.29 is 4.74 Å². The van der Waals surface area contributed by atoms with Crippen molar-refractivity contribution in [3.8, 4) is 11.6 Å². The number of nitrogens with one attached hydrogen (secondary N) is 1. The van der Waals surface area contributed by atoms with Crippen LogP contribution in [0.4, 0.5) is 5.69 Å². The quantitative estimate of drug-likeness (QED) is 0.293. The highest BCUT2D eigenvalue weighted by Crippen LogP contribution is 2.20. The van der Waals surface area contributed by atoms with E-state index in [4.69, 9.17) is 4.74 Å². The number of guanidine groups is 1. The van der Waals surface area contributed by atoms with Crippen LogP contribution in [0.3, 0.4) is 0 Å². The van der Waals surface area contributed by atoms with Crippen LogP contribution < -0.4 is 15.0 Å². The first-order valence-corrected chi connectivity index (χ1v) is 10.9. The van der Waals surface area contributed by atoms with Crippen molar-refractivity contribution >= 4 is 35.6 Å². The second-order valence-electron chi connectivity index (χ2n) is 7.94. The predicted molar refractivity (Wildman–Crippen MR) is 143 cm³/mol. The average molecular weight is 561 g/mol. The molecule has 3 aromatic rings. The van der Waals surface area contributed by atoms with Gasteiger partial charge in [-0.25, -0.2) is 9.67 Å². The summed E-state index contributed by atoms with van der Waals surface area (Å²) in [6, 6.07) is 14.4. The molecule has 1 aliphatic heterocycles. The van der Waals surface area contributed by atoms with Gasteiger partial charge < -0.3 is 19.9 Å². The lowest BCUT2D eigenvalue weighted by molar-refractivity contribution is 0.372. The lowest BCUT2D eigenvalue weighted by Gasteiger charge is -2.37. The zero-order valence-corrected chi connectivity index (χ0v) is 22.0. The molecule has 0 amide bonds. The standard InChI is InChI=1S/C24H31N7O.HI/c1-18-15-19(2)31(28-18)23-10-5-20(16-26-23)17-27-24(25-3)30-13-11-29(12-14-30)21-6-8-22(32-4)9-7-21;/h5-10,15-16H,11-14,17H2,1-4H3,(H,25,27);1H. The van der Waals surface area contributed by atoms with Crippen molar-refractivity contribution in [2.75, 3.05) is 45.2 Å². The van der Waals surface area contributed by atoms with Crippen LogP contribution in [-0.4, -0.2) is 66.0 Å². The Morgan fingerprint density at radius 3 is 2.33 bits per heavy atom. The second-order valence-corrected chi connectivity index (χ2v) is 7.94. The first-order chi connectivity index (χ1) is 15.6. The molecule has 0 bridgehead atoms. The molecule has 33 heavy (non-hydrogen) atoms. The third kappa shape index (κ3) is 5.95. The molecule has 0 saturated carbocycles. The molecule has 1 saturated heterocycles. The van der Waals surface area contributed by atoms with E-state index in [-0.39, 0.29) is 24.0 Å². The summed E-state index contributed by atoms with van der Waals surface area (Å²) in [5.41, 5.74) is 4.40. The van der Waals surface area contributed by atoms with E-state index < -0.39 is 0 Å². The molecule has 0 atom stereocenters. The largest absolute Gasteiger partial charge is 0.497 e. The summed E-state index contributed by atoms with van der Waals surface area (Å²) < 4.78 is 7.13. The molecule has 9 heteroatoms. The second kappa shape index (κ2) is 11.4. The highest BCUT2D eigenvalue weighted by Gasteiger charge is 2.20. The van der Waals surface area contributed by atoms with Crippen LogP contribution in [0.1, 0.15) is 17.0 Å². The third-order valence-electron chi connectivity index (χ3n) is 5.71. The van der Waals surface area contributed by atoms with Crippen LogP contribution in [0, 0.1) is 13.8 Å². The van der Waals surface area contributed by atoms with Crippen molar-refractivity contribution in [2.24, 2.45) is 4.99 Å². The lowest BCUT2D eigenvalue weighted by atomic mass is 10.2. The lowest BCUT2D eigenvalue weighted by Crippen LogP contribution is -2.52. The number of rotatable bonds is 5. The number of methoxy groups -OCH3 is 1. The highest BCUT2D eigenvalue weighted by atomic mass is 127. The van der Waals surface area contributed by atoms with Gasteiger partial charge in [-0.2, -0.15) is 5.10 Å². The zero-order valence-electron chi connectivity index (χ0n) is 19.7. The van der Waals surface area contributed by atoms with E-state index in [9.17, 15) is 0 Å². The molecular formula is C24H32IN7O. The van der Waals surface area contributed by atoms with Crippen LogP contribution in [-0.2, 0) is 6.54 Å². The van der Waals surface area contributed by atoms with E-state index in [1.807, 2.05) is 50.0 Å². The van der Waals surface area contributed by atoms with Gasteiger partial charge in [0.1, 0.15) is 5.75 Å². The topological polar surface area (TPSA) is 70.8 Å². The van der Waals surface area contributed by atoms with Gasteiger partial charge in [-0.05, 0) is 55.8 Å². The number of aryl methyl sites for hydroxylation is 2. The molecular weight excluding hydrogens is 529 g/mol. The Hall–Kier alpha value is -2.82. The van der Waals surface area contributed by atoms with Gasteiger partial charge in [0.25, 0.3) is 0 Å². The van der Waals surface area contributed by atoms with Gasteiger partial charge in [0.05, 0.1) is 12.8 Å². The normalized spacial score (nSPS) is 14.1. The number of hydrogen-bond acceptors (Lipinski definition) is 5. The fourth-order valence-electron chi connectivity index (χ4n) is 3.99. The van der Waals surface area contributed by atoms with Crippen LogP contribution in [0.15, 0.2) is 53.7 Å². The van der Waals surface area contributed by atoms with Gasteiger partial charge in [0.2, 0.25) is 0 Å². The number of ether oxygens (including phenoxy) is 1. The third-order valence-corrected chi connectivity index (χ3v) is 5.71. The summed E-state index contributed by atoms with van der Waals surface area (Å²) in [4.78, 5) is 13.8. The summed E-state index contributed by atoms with van der Waals surface area (Å²) in [6.07, 6.45) is 1.90. The average Bonchev–Trinajstić information content (AvgIpc) is 3.18. The molecule has 1 aliphatic rings. The van der Waals surface area contributed by atoms with Gasteiger partial charge >= 0.3 is 0 Å². The molecule has 4 rings (SSSR count). The number of aromatic nitrogens is 3.